The number of hydrogen-bond acceptors (Lipinski definition) is 2. The molecule has 0 amide bonds. The number of hydrogen-bond donors (Lipinski definition) is 1. The zero-order chi connectivity index (χ0) is 11.5. The summed E-state index contributed by atoms with van der Waals surface area (Å²) in [5.74, 6) is -0.375. The number of nitrogens with two attached hydrogens (primary N) is 1. The van der Waals surface area contributed by atoms with Crippen molar-refractivity contribution < 1.29 is 4.39 Å². The fraction of sp³-hybridized carbons (Fsp3) is 0.0833. The van der Waals surface area contributed by atoms with Gasteiger partial charge in [-0.2, -0.15) is 0 Å². The highest BCUT2D eigenvalue weighted by atomic mass is 35.5. The molecule has 0 saturated carbocycles. The van der Waals surface area contributed by atoms with Crippen molar-refractivity contribution in [1.29, 1.82) is 0 Å². The molecule has 2 N–H and O–H groups in total. The van der Waals surface area contributed by atoms with Crippen molar-refractivity contribution in [1.82, 2.24) is 4.98 Å². The van der Waals surface area contributed by atoms with Crippen LogP contribution in [0.15, 0.2) is 36.5 Å². The highest BCUT2D eigenvalue weighted by Crippen LogP contribution is 2.23. The molecule has 2 aromatic rings. The van der Waals surface area contributed by atoms with Gasteiger partial charge in [0, 0.05) is 23.3 Å². The molecule has 16 heavy (non-hydrogen) atoms. The SMILES string of the molecule is NCc1ccc(-c2ccc(Cl)cc2F)nc1. The lowest BCUT2D eigenvalue weighted by Crippen LogP contribution is -1.97. The molecule has 0 bridgehead atoms. The Balaban J connectivity index is 2.42. The first-order chi connectivity index (χ1) is 7.70. The van der Waals surface area contributed by atoms with Crippen molar-refractivity contribution in [3.63, 3.8) is 0 Å². The second-order valence-corrected chi connectivity index (χ2v) is 3.82. The molecule has 1 heterocycles. The first-order valence-corrected chi connectivity index (χ1v) is 5.19. The van der Waals surface area contributed by atoms with Crippen molar-refractivity contribution in [3.05, 3.63) is 52.9 Å². The molecule has 82 valence electrons. The van der Waals surface area contributed by atoms with Gasteiger partial charge in [0.05, 0.1) is 5.69 Å². The molecule has 1 aromatic carbocycles. The highest BCUT2D eigenvalue weighted by molar-refractivity contribution is 6.30. The number of aromatic nitrogens is 1. The van der Waals surface area contributed by atoms with Gasteiger partial charge in [0.1, 0.15) is 5.82 Å². The van der Waals surface area contributed by atoms with Crippen LogP contribution in [0.2, 0.25) is 5.02 Å². The van der Waals surface area contributed by atoms with Crippen LogP contribution in [0.4, 0.5) is 4.39 Å². The van der Waals surface area contributed by atoms with Gasteiger partial charge in [0.2, 0.25) is 0 Å². The second kappa shape index (κ2) is 4.60. The Bertz CT molecular complexity index is 497. The summed E-state index contributed by atoms with van der Waals surface area (Å²) in [7, 11) is 0. The van der Waals surface area contributed by atoms with Crippen LogP contribution in [0.5, 0.6) is 0 Å². The first kappa shape index (κ1) is 11.0. The lowest BCUT2D eigenvalue weighted by molar-refractivity contribution is 0.631. The van der Waals surface area contributed by atoms with E-state index in [0.717, 1.165) is 5.56 Å². The van der Waals surface area contributed by atoms with Crippen molar-refractivity contribution >= 4 is 11.6 Å². The topological polar surface area (TPSA) is 38.9 Å². The monoisotopic (exact) mass is 236 g/mol. The normalized spacial score (nSPS) is 10.4. The fourth-order valence-corrected chi connectivity index (χ4v) is 1.56. The molecule has 1 aromatic heterocycles. The fourth-order valence-electron chi connectivity index (χ4n) is 1.40. The standard InChI is InChI=1S/C12H10ClFN2/c13-9-2-3-10(11(14)5-9)12-4-1-8(6-15)7-16-12/h1-5,7H,6,15H2. The van der Waals surface area contributed by atoms with Crippen molar-refractivity contribution in [2.24, 2.45) is 5.73 Å². The third kappa shape index (κ3) is 2.21. The summed E-state index contributed by atoms with van der Waals surface area (Å²) in [5.41, 5.74) is 7.39. The van der Waals surface area contributed by atoms with Crippen LogP contribution in [0.3, 0.4) is 0 Å². The molecule has 0 fully saturated rings. The molecule has 0 saturated heterocycles. The number of halogens is 2. The van der Waals surface area contributed by atoms with Gasteiger partial charge in [-0.25, -0.2) is 4.39 Å². The molecule has 0 atom stereocenters. The lowest BCUT2D eigenvalue weighted by atomic mass is 10.1. The maximum Gasteiger partial charge on any atom is 0.134 e. The smallest absolute Gasteiger partial charge is 0.134 e. The van der Waals surface area contributed by atoms with Crippen LogP contribution < -0.4 is 5.73 Å². The van der Waals surface area contributed by atoms with Gasteiger partial charge in [-0.1, -0.05) is 17.7 Å². The Labute approximate surface area is 97.9 Å². The van der Waals surface area contributed by atoms with E-state index in [4.69, 9.17) is 17.3 Å². The van der Waals surface area contributed by atoms with Crippen LogP contribution in [0, 0.1) is 5.82 Å². The predicted molar refractivity (Wildman–Crippen MR) is 62.5 cm³/mol. The molecule has 0 aliphatic heterocycles. The number of pyridine rings is 1. The van der Waals surface area contributed by atoms with E-state index < -0.39 is 0 Å². The van der Waals surface area contributed by atoms with E-state index >= 15 is 0 Å². The minimum Gasteiger partial charge on any atom is -0.326 e. The van der Waals surface area contributed by atoms with Gasteiger partial charge in [-0.3, -0.25) is 4.98 Å². The van der Waals surface area contributed by atoms with Crippen molar-refractivity contribution in [3.8, 4) is 11.3 Å². The Kier molecular flexibility index (Phi) is 3.17. The maximum atomic E-state index is 13.6. The third-order valence-corrected chi connectivity index (χ3v) is 2.50. The minimum absolute atomic E-state index is 0.375. The van der Waals surface area contributed by atoms with Crippen LogP contribution >= 0.6 is 11.6 Å². The molecule has 2 nitrogen and oxygen atoms in total. The van der Waals surface area contributed by atoms with E-state index in [1.807, 2.05) is 6.07 Å². The maximum absolute atomic E-state index is 13.6. The number of rotatable bonds is 2. The molecule has 0 unspecified atom stereocenters. The molecule has 2 rings (SSSR count). The summed E-state index contributed by atoms with van der Waals surface area (Å²) in [6.45, 7) is 0.427. The Morgan fingerprint density at radius 1 is 1.25 bits per heavy atom. The molecule has 4 heteroatoms. The van der Waals surface area contributed by atoms with E-state index in [-0.39, 0.29) is 5.82 Å². The Morgan fingerprint density at radius 3 is 2.62 bits per heavy atom. The van der Waals surface area contributed by atoms with Gasteiger partial charge in [-0.15, -0.1) is 0 Å². The van der Waals surface area contributed by atoms with Crippen molar-refractivity contribution in [2.45, 2.75) is 6.54 Å². The van der Waals surface area contributed by atoms with Crippen LogP contribution in [0.1, 0.15) is 5.56 Å². The summed E-state index contributed by atoms with van der Waals surface area (Å²) in [6, 6.07) is 8.10. The summed E-state index contributed by atoms with van der Waals surface area (Å²) >= 11 is 5.68. The van der Waals surface area contributed by atoms with E-state index in [1.54, 1.807) is 24.4 Å². The lowest BCUT2D eigenvalue weighted by Gasteiger charge is -2.03. The Hall–Kier alpha value is -1.45. The summed E-state index contributed by atoms with van der Waals surface area (Å²) < 4.78 is 13.6. The third-order valence-electron chi connectivity index (χ3n) is 2.27. The zero-order valence-corrected chi connectivity index (χ0v) is 9.21. The summed E-state index contributed by atoms with van der Waals surface area (Å²) in [6.07, 6.45) is 1.64. The molecule has 0 radical (unpaired) electrons. The van der Waals surface area contributed by atoms with Gasteiger partial charge in [0.15, 0.2) is 0 Å². The van der Waals surface area contributed by atoms with Crippen molar-refractivity contribution in [2.75, 3.05) is 0 Å². The van der Waals surface area contributed by atoms with Gasteiger partial charge in [0.25, 0.3) is 0 Å². The van der Waals surface area contributed by atoms with E-state index in [2.05, 4.69) is 4.98 Å². The van der Waals surface area contributed by atoms with Gasteiger partial charge < -0.3 is 5.73 Å². The average Bonchev–Trinajstić information content (AvgIpc) is 2.29. The summed E-state index contributed by atoms with van der Waals surface area (Å²) in [4.78, 5) is 4.15. The van der Waals surface area contributed by atoms with E-state index in [0.29, 0.717) is 22.8 Å². The van der Waals surface area contributed by atoms with Crippen LogP contribution in [-0.2, 0) is 6.54 Å². The second-order valence-electron chi connectivity index (χ2n) is 3.38. The van der Waals surface area contributed by atoms with Crippen LogP contribution in [0.25, 0.3) is 11.3 Å². The van der Waals surface area contributed by atoms with Gasteiger partial charge in [-0.05, 0) is 29.8 Å². The molecular weight excluding hydrogens is 227 g/mol. The number of benzene rings is 1. The first-order valence-electron chi connectivity index (χ1n) is 4.81. The van der Waals surface area contributed by atoms with Gasteiger partial charge >= 0.3 is 0 Å². The molecular formula is C12H10ClFN2. The zero-order valence-electron chi connectivity index (χ0n) is 8.45. The minimum atomic E-state index is -0.375. The molecule has 0 spiro atoms. The highest BCUT2D eigenvalue weighted by Gasteiger charge is 2.06. The van der Waals surface area contributed by atoms with Crippen LogP contribution in [-0.4, -0.2) is 4.98 Å². The summed E-state index contributed by atoms with van der Waals surface area (Å²) in [5, 5.41) is 0.375. The predicted octanol–water partition coefficient (Wildman–Crippen LogP) is 3.00. The molecule has 0 aliphatic carbocycles. The van der Waals surface area contributed by atoms with E-state index in [1.165, 1.54) is 6.07 Å². The molecule has 0 aliphatic rings. The number of nitrogens with zero attached hydrogens (tertiary/aromatic N) is 1. The average molecular weight is 237 g/mol. The van der Waals surface area contributed by atoms with E-state index in [9.17, 15) is 4.39 Å². The Morgan fingerprint density at radius 2 is 2.06 bits per heavy atom. The largest absolute Gasteiger partial charge is 0.326 e. The quantitative estimate of drug-likeness (QED) is 0.871.